The molecule has 0 aliphatic rings. The molecule has 0 aliphatic heterocycles. The quantitative estimate of drug-likeness (QED) is 0.559. The number of rotatable bonds is 8. The van der Waals surface area contributed by atoms with Crippen molar-refractivity contribution in [2.45, 2.75) is 19.4 Å². The van der Waals surface area contributed by atoms with Crippen molar-refractivity contribution in [3.63, 3.8) is 0 Å². The molecule has 4 heteroatoms. The van der Waals surface area contributed by atoms with Crippen molar-refractivity contribution in [1.29, 1.82) is 0 Å². The van der Waals surface area contributed by atoms with Crippen LogP contribution in [0.4, 0.5) is 0 Å². The van der Waals surface area contributed by atoms with Crippen LogP contribution in [-0.4, -0.2) is 11.7 Å². The van der Waals surface area contributed by atoms with Crippen molar-refractivity contribution in [2.24, 2.45) is 0 Å². The molecule has 0 amide bonds. The molecular weight excluding hydrogens is 348 g/mol. The standard InChI is InChI=1S/C22H21ClO3/c23-22-15-21(9-8-18(22)7-4-14-24)26-20-12-10-19(11-13-20)25-16-17-5-2-1-3-6-17/h1-3,5-6,8-13,15,24H,4,7,14,16H2. The third-order valence-electron chi connectivity index (χ3n) is 3.94. The van der Waals surface area contributed by atoms with E-state index in [1.54, 1.807) is 6.07 Å². The van der Waals surface area contributed by atoms with Crippen molar-refractivity contribution in [3.8, 4) is 17.2 Å². The van der Waals surface area contributed by atoms with E-state index in [-0.39, 0.29) is 6.61 Å². The molecule has 0 unspecified atom stereocenters. The number of aliphatic hydroxyl groups is 1. The van der Waals surface area contributed by atoms with Gasteiger partial charge < -0.3 is 14.6 Å². The Morgan fingerprint density at radius 1 is 0.808 bits per heavy atom. The van der Waals surface area contributed by atoms with Crippen LogP contribution in [0.5, 0.6) is 17.2 Å². The number of benzene rings is 3. The molecule has 3 aromatic carbocycles. The highest BCUT2D eigenvalue weighted by molar-refractivity contribution is 6.31. The largest absolute Gasteiger partial charge is 0.489 e. The summed E-state index contributed by atoms with van der Waals surface area (Å²) in [5.74, 6) is 2.19. The lowest BCUT2D eigenvalue weighted by Crippen LogP contribution is -1.95. The van der Waals surface area contributed by atoms with Crippen LogP contribution in [0.15, 0.2) is 72.8 Å². The Morgan fingerprint density at radius 2 is 1.50 bits per heavy atom. The zero-order valence-corrected chi connectivity index (χ0v) is 15.2. The normalized spacial score (nSPS) is 10.5. The average molecular weight is 369 g/mol. The van der Waals surface area contributed by atoms with Crippen LogP contribution in [0.2, 0.25) is 5.02 Å². The zero-order valence-electron chi connectivity index (χ0n) is 14.4. The molecule has 0 radical (unpaired) electrons. The van der Waals surface area contributed by atoms with Gasteiger partial charge in [0.05, 0.1) is 0 Å². The van der Waals surface area contributed by atoms with Gasteiger partial charge in [-0.3, -0.25) is 0 Å². The van der Waals surface area contributed by atoms with Gasteiger partial charge in [-0.1, -0.05) is 48.0 Å². The van der Waals surface area contributed by atoms with Crippen molar-refractivity contribution >= 4 is 11.6 Å². The van der Waals surface area contributed by atoms with Gasteiger partial charge in [0.15, 0.2) is 0 Å². The Labute approximate surface area is 158 Å². The molecule has 26 heavy (non-hydrogen) atoms. The maximum absolute atomic E-state index is 8.92. The minimum absolute atomic E-state index is 0.160. The molecule has 0 spiro atoms. The van der Waals surface area contributed by atoms with E-state index in [1.807, 2.05) is 66.7 Å². The lowest BCUT2D eigenvalue weighted by molar-refractivity contribution is 0.288. The first-order valence-electron chi connectivity index (χ1n) is 8.58. The zero-order chi connectivity index (χ0) is 18.2. The average Bonchev–Trinajstić information content (AvgIpc) is 2.68. The fraction of sp³-hybridized carbons (Fsp3) is 0.182. The first-order chi connectivity index (χ1) is 12.7. The van der Waals surface area contributed by atoms with E-state index in [2.05, 4.69) is 0 Å². The number of hydrogen-bond donors (Lipinski definition) is 1. The lowest BCUT2D eigenvalue weighted by atomic mass is 10.1. The monoisotopic (exact) mass is 368 g/mol. The first-order valence-corrected chi connectivity index (χ1v) is 8.96. The van der Waals surface area contributed by atoms with Crippen molar-refractivity contribution in [2.75, 3.05) is 6.61 Å². The maximum Gasteiger partial charge on any atom is 0.128 e. The molecule has 0 atom stereocenters. The highest BCUT2D eigenvalue weighted by Gasteiger charge is 2.04. The van der Waals surface area contributed by atoms with Crippen molar-refractivity contribution in [1.82, 2.24) is 0 Å². The Balaban J connectivity index is 1.58. The second kappa shape index (κ2) is 9.27. The summed E-state index contributed by atoms with van der Waals surface area (Å²) in [6.07, 6.45) is 1.45. The maximum atomic E-state index is 8.92. The first kappa shape index (κ1) is 18.3. The van der Waals surface area contributed by atoms with Gasteiger partial charge in [-0.05, 0) is 60.4 Å². The molecule has 3 aromatic rings. The Kier molecular flexibility index (Phi) is 6.53. The molecule has 0 aliphatic carbocycles. The van der Waals surface area contributed by atoms with Crippen LogP contribution < -0.4 is 9.47 Å². The van der Waals surface area contributed by atoms with E-state index >= 15 is 0 Å². The van der Waals surface area contributed by atoms with Crippen LogP contribution in [0.3, 0.4) is 0 Å². The Bertz CT molecular complexity index is 817. The van der Waals surface area contributed by atoms with Gasteiger partial charge in [0, 0.05) is 11.6 Å². The number of ether oxygens (including phenoxy) is 2. The second-order valence-electron chi connectivity index (χ2n) is 5.93. The Morgan fingerprint density at radius 3 is 2.19 bits per heavy atom. The molecule has 0 heterocycles. The lowest BCUT2D eigenvalue weighted by Gasteiger charge is -2.10. The van der Waals surface area contributed by atoms with E-state index < -0.39 is 0 Å². The number of aryl methyl sites for hydroxylation is 1. The minimum atomic E-state index is 0.160. The predicted molar refractivity (Wildman–Crippen MR) is 104 cm³/mol. The second-order valence-corrected chi connectivity index (χ2v) is 6.34. The third-order valence-corrected chi connectivity index (χ3v) is 4.29. The predicted octanol–water partition coefficient (Wildman–Crippen LogP) is 5.64. The van der Waals surface area contributed by atoms with Crippen LogP contribution in [-0.2, 0) is 13.0 Å². The van der Waals surface area contributed by atoms with E-state index in [4.69, 9.17) is 26.2 Å². The molecule has 0 fully saturated rings. The summed E-state index contributed by atoms with van der Waals surface area (Å²) in [7, 11) is 0. The van der Waals surface area contributed by atoms with Crippen molar-refractivity contribution < 1.29 is 14.6 Å². The van der Waals surface area contributed by atoms with Gasteiger partial charge in [-0.25, -0.2) is 0 Å². The van der Waals surface area contributed by atoms with Crippen LogP contribution in [0.25, 0.3) is 0 Å². The molecule has 3 nitrogen and oxygen atoms in total. The molecular formula is C22H21ClO3. The van der Waals surface area contributed by atoms with E-state index in [0.29, 0.717) is 23.8 Å². The van der Waals surface area contributed by atoms with Gasteiger partial charge in [0.1, 0.15) is 23.9 Å². The van der Waals surface area contributed by atoms with Gasteiger partial charge in [-0.15, -0.1) is 0 Å². The fourth-order valence-electron chi connectivity index (χ4n) is 2.54. The fourth-order valence-corrected chi connectivity index (χ4v) is 2.81. The molecule has 0 saturated carbocycles. The number of aliphatic hydroxyl groups excluding tert-OH is 1. The topological polar surface area (TPSA) is 38.7 Å². The summed E-state index contributed by atoms with van der Waals surface area (Å²) >= 11 is 6.27. The van der Waals surface area contributed by atoms with E-state index in [0.717, 1.165) is 29.0 Å². The van der Waals surface area contributed by atoms with Gasteiger partial charge in [0.2, 0.25) is 0 Å². The summed E-state index contributed by atoms with van der Waals surface area (Å²) in [6.45, 7) is 0.694. The summed E-state index contributed by atoms with van der Waals surface area (Å²) in [5.41, 5.74) is 2.14. The highest BCUT2D eigenvalue weighted by Crippen LogP contribution is 2.28. The molecule has 3 rings (SSSR count). The molecule has 134 valence electrons. The summed E-state index contributed by atoms with van der Waals surface area (Å²) in [5, 5.41) is 9.57. The third kappa shape index (κ3) is 5.25. The summed E-state index contributed by atoms with van der Waals surface area (Å²) in [6, 6.07) is 23.2. The SMILES string of the molecule is OCCCc1ccc(Oc2ccc(OCc3ccccc3)cc2)cc1Cl. The van der Waals surface area contributed by atoms with Gasteiger partial charge >= 0.3 is 0 Å². The summed E-state index contributed by atoms with van der Waals surface area (Å²) < 4.78 is 11.6. The molecule has 1 N–H and O–H groups in total. The van der Waals surface area contributed by atoms with Gasteiger partial charge in [-0.2, -0.15) is 0 Å². The van der Waals surface area contributed by atoms with Crippen LogP contribution in [0.1, 0.15) is 17.5 Å². The number of halogens is 1. The van der Waals surface area contributed by atoms with E-state index in [9.17, 15) is 0 Å². The molecule has 0 saturated heterocycles. The van der Waals surface area contributed by atoms with Crippen LogP contribution >= 0.6 is 11.6 Å². The summed E-state index contributed by atoms with van der Waals surface area (Å²) in [4.78, 5) is 0. The van der Waals surface area contributed by atoms with Crippen molar-refractivity contribution in [3.05, 3.63) is 88.9 Å². The van der Waals surface area contributed by atoms with E-state index in [1.165, 1.54) is 0 Å². The van der Waals surface area contributed by atoms with Crippen LogP contribution in [0, 0.1) is 0 Å². The molecule has 0 bridgehead atoms. The Hall–Kier alpha value is -2.49. The van der Waals surface area contributed by atoms with Gasteiger partial charge in [0.25, 0.3) is 0 Å². The molecule has 0 aromatic heterocycles. The number of hydrogen-bond acceptors (Lipinski definition) is 3. The minimum Gasteiger partial charge on any atom is -0.489 e. The highest BCUT2D eigenvalue weighted by atomic mass is 35.5. The smallest absolute Gasteiger partial charge is 0.128 e.